The summed E-state index contributed by atoms with van der Waals surface area (Å²) in [5.41, 5.74) is 1.73. The molecule has 0 bridgehead atoms. The topological polar surface area (TPSA) is 0 Å². The zero-order valence-electron chi connectivity index (χ0n) is 39.0. The van der Waals surface area contributed by atoms with Crippen LogP contribution in [0.25, 0.3) is 98.0 Å². The van der Waals surface area contributed by atoms with Crippen LogP contribution in [0.4, 0.5) is 0 Å². The molecule has 10 aromatic rings. The molecule has 10 rings (SSSR count). The van der Waals surface area contributed by atoms with E-state index in [2.05, 4.69) is 0 Å². The quantitative estimate of drug-likeness (QED) is 0.141. The summed E-state index contributed by atoms with van der Waals surface area (Å²) in [6.07, 6.45) is 0. The maximum absolute atomic E-state index is 9.62. The van der Waals surface area contributed by atoms with Crippen LogP contribution in [-0.2, 0) is 0 Å². The number of rotatable bonds is 3. The van der Waals surface area contributed by atoms with Gasteiger partial charge in [0.25, 0.3) is 0 Å². The van der Waals surface area contributed by atoms with Gasteiger partial charge in [-0.1, -0.05) is 169 Å². The standard InChI is InChI=1S/C46H28/c1-3-11-29(12-4-1)34-24-20-32-22-26-39-40(27-23-33-21-25-38(34)43(32)44(33)39)46-37-18-10-9-17-36(37)42(31-14-5-2-6-15-31)41-28-19-30-13-7-8-16-35(30)45(41)46/h1-28H/i1D,3D,4D,7D,8D,9D,10D,11D,12D,13D,16D,17D,18D,19D,28D. The van der Waals surface area contributed by atoms with E-state index in [-0.39, 0.29) is 73.2 Å². The Hall–Kier alpha value is -5.98. The lowest BCUT2D eigenvalue weighted by Gasteiger charge is -2.21. The molecule has 0 nitrogen and oxygen atoms in total. The fourth-order valence-corrected chi connectivity index (χ4v) is 7.07. The second-order valence-corrected chi connectivity index (χ2v) is 11.3. The fourth-order valence-electron chi connectivity index (χ4n) is 7.07. The van der Waals surface area contributed by atoms with Gasteiger partial charge in [-0.3, -0.25) is 0 Å². The molecular formula is C46H28. The molecule has 0 unspecified atom stereocenters. The van der Waals surface area contributed by atoms with Crippen LogP contribution in [0.2, 0.25) is 0 Å². The first kappa shape index (κ1) is 14.9. The first-order valence-electron chi connectivity index (χ1n) is 22.3. The van der Waals surface area contributed by atoms with Crippen molar-refractivity contribution in [1.82, 2.24) is 0 Å². The largest absolute Gasteiger partial charge is 0.0630 e. The second kappa shape index (κ2) is 9.76. The Morgan fingerprint density at radius 3 is 1.63 bits per heavy atom. The Morgan fingerprint density at radius 2 is 0.891 bits per heavy atom. The van der Waals surface area contributed by atoms with Crippen molar-refractivity contribution in [2.24, 2.45) is 0 Å². The third-order valence-corrected chi connectivity index (χ3v) is 8.95. The zero-order valence-corrected chi connectivity index (χ0v) is 24.0. The zero-order chi connectivity index (χ0) is 43.2. The van der Waals surface area contributed by atoms with Crippen LogP contribution in [0.3, 0.4) is 0 Å². The van der Waals surface area contributed by atoms with E-state index in [1.807, 2.05) is 36.4 Å². The molecule has 0 saturated heterocycles. The van der Waals surface area contributed by atoms with Crippen molar-refractivity contribution in [3.8, 4) is 33.4 Å². The molecule has 46 heavy (non-hydrogen) atoms. The molecule has 0 aliphatic rings. The Morgan fingerprint density at radius 1 is 0.304 bits per heavy atom. The van der Waals surface area contributed by atoms with Crippen molar-refractivity contribution in [2.45, 2.75) is 0 Å². The molecule has 0 heterocycles. The average molecular weight is 596 g/mol. The van der Waals surface area contributed by atoms with E-state index in [0.29, 0.717) is 38.2 Å². The minimum atomic E-state index is -0.588. The highest BCUT2D eigenvalue weighted by atomic mass is 14.2. The molecule has 0 N–H and O–H groups in total. The van der Waals surface area contributed by atoms with Crippen LogP contribution in [0.5, 0.6) is 0 Å². The van der Waals surface area contributed by atoms with Gasteiger partial charge in [0.05, 0.1) is 20.6 Å². The Labute approximate surface area is 288 Å². The van der Waals surface area contributed by atoms with Gasteiger partial charge in [-0.05, 0) is 98.0 Å². The molecule has 0 fully saturated rings. The van der Waals surface area contributed by atoms with Gasteiger partial charge in [-0.25, -0.2) is 0 Å². The van der Waals surface area contributed by atoms with Crippen LogP contribution < -0.4 is 0 Å². The van der Waals surface area contributed by atoms with Crippen LogP contribution >= 0.6 is 0 Å². The van der Waals surface area contributed by atoms with Gasteiger partial charge < -0.3 is 0 Å². The van der Waals surface area contributed by atoms with Gasteiger partial charge in [0.2, 0.25) is 0 Å². The summed E-state index contributed by atoms with van der Waals surface area (Å²) in [5, 5.41) is 4.12. The third kappa shape index (κ3) is 3.56. The van der Waals surface area contributed by atoms with Crippen molar-refractivity contribution < 1.29 is 20.6 Å². The van der Waals surface area contributed by atoms with Crippen molar-refractivity contribution in [3.05, 3.63) is 169 Å². The maximum atomic E-state index is 9.62. The van der Waals surface area contributed by atoms with E-state index >= 15 is 0 Å². The van der Waals surface area contributed by atoms with Gasteiger partial charge in [0.1, 0.15) is 0 Å². The monoisotopic (exact) mass is 595 g/mol. The van der Waals surface area contributed by atoms with Crippen molar-refractivity contribution in [2.75, 3.05) is 0 Å². The summed E-state index contributed by atoms with van der Waals surface area (Å²) in [7, 11) is 0. The lowest BCUT2D eigenvalue weighted by Crippen LogP contribution is -1.94. The summed E-state index contributed by atoms with van der Waals surface area (Å²) in [6.45, 7) is 0. The van der Waals surface area contributed by atoms with E-state index in [4.69, 9.17) is 13.7 Å². The minimum absolute atomic E-state index is 0.0309. The molecule has 0 aliphatic heterocycles. The smallest absolute Gasteiger partial charge is 0.0622 e. The lowest BCUT2D eigenvalue weighted by atomic mass is 9.81. The van der Waals surface area contributed by atoms with E-state index in [1.165, 1.54) is 0 Å². The first-order chi connectivity index (χ1) is 29.1. The summed E-state index contributed by atoms with van der Waals surface area (Å²) >= 11 is 0. The molecule has 0 heteroatoms. The van der Waals surface area contributed by atoms with Gasteiger partial charge in [0.15, 0.2) is 0 Å². The maximum Gasteiger partial charge on any atom is 0.0630 e. The molecule has 0 radical (unpaired) electrons. The molecule has 0 saturated carbocycles. The first-order valence-corrected chi connectivity index (χ1v) is 14.8. The number of hydrogen-bond acceptors (Lipinski definition) is 0. The molecule has 0 spiro atoms. The summed E-state index contributed by atoms with van der Waals surface area (Å²) < 4.78 is 134. The van der Waals surface area contributed by atoms with Gasteiger partial charge in [-0.15, -0.1) is 0 Å². The van der Waals surface area contributed by atoms with Crippen LogP contribution in [0.15, 0.2) is 169 Å². The highest BCUT2D eigenvalue weighted by molar-refractivity contribution is 6.33. The van der Waals surface area contributed by atoms with Gasteiger partial charge >= 0.3 is 0 Å². The van der Waals surface area contributed by atoms with Crippen LogP contribution in [0, 0.1) is 0 Å². The minimum Gasteiger partial charge on any atom is -0.0622 e. The highest BCUT2D eigenvalue weighted by Crippen LogP contribution is 2.49. The van der Waals surface area contributed by atoms with Gasteiger partial charge in [-0.2, -0.15) is 0 Å². The second-order valence-electron chi connectivity index (χ2n) is 11.3. The molecule has 10 aromatic carbocycles. The summed E-state index contributed by atoms with van der Waals surface area (Å²) in [6, 6.07) is 16.2. The highest BCUT2D eigenvalue weighted by Gasteiger charge is 2.21. The predicted octanol–water partition coefficient (Wildman–Crippen LogP) is 13.0. The van der Waals surface area contributed by atoms with E-state index in [9.17, 15) is 6.85 Å². The summed E-state index contributed by atoms with van der Waals surface area (Å²) in [4.78, 5) is 0. The third-order valence-electron chi connectivity index (χ3n) is 8.95. The molecule has 212 valence electrons. The lowest BCUT2D eigenvalue weighted by molar-refractivity contribution is 1.66. The average Bonchev–Trinajstić information content (AvgIpc) is 3.27. The van der Waals surface area contributed by atoms with E-state index < -0.39 is 66.5 Å². The number of fused-ring (bicyclic) bond motifs is 4. The number of hydrogen-bond donors (Lipinski definition) is 0. The van der Waals surface area contributed by atoms with Crippen molar-refractivity contribution >= 4 is 64.6 Å². The Kier molecular flexibility index (Phi) is 3.15. The number of benzene rings is 10. The predicted molar refractivity (Wildman–Crippen MR) is 199 cm³/mol. The molecular weight excluding hydrogens is 553 g/mol. The van der Waals surface area contributed by atoms with Gasteiger partial charge in [0, 0.05) is 0 Å². The Balaban J connectivity index is 1.49. The summed E-state index contributed by atoms with van der Waals surface area (Å²) in [5.74, 6) is 0. The molecule has 0 amide bonds. The van der Waals surface area contributed by atoms with Crippen LogP contribution in [0.1, 0.15) is 20.6 Å². The fraction of sp³-hybridized carbons (Fsp3) is 0. The Bertz CT molecular complexity index is 3610. The molecule has 0 atom stereocenters. The SMILES string of the molecule is [2H]c1c([2H])c([2H])c(-c2ccc3ccc4c(-c5c6c([2H])c([2H])c([2H])c([2H])c6c(-c6ccccc6)c6c([2H])c([2H])c7c([2H])c([2H])c([2H])c([2H])c7c56)ccc5ccc2c3c54)c([2H])c1[2H]. The van der Waals surface area contributed by atoms with E-state index in [1.54, 1.807) is 42.5 Å². The van der Waals surface area contributed by atoms with E-state index in [0.717, 1.165) is 10.8 Å². The van der Waals surface area contributed by atoms with Crippen molar-refractivity contribution in [1.29, 1.82) is 0 Å². The van der Waals surface area contributed by atoms with Crippen molar-refractivity contribution in [3.63, 3.8) is 0 Å². The molecule has 0 aromatic heterocycles. The van der Waals surface area contributed by atoms with Crippen LogP contribution in [-0.4, -0.2) is 0 Å². The normalized spacial score (nSPS) is 16.5. The molecule has 0 aliphatic carbocycles.